The summed E-state index contributed by atoms with van der Waals surface area (Å²) in [6.45, 7) is 26.7. The molecule has 41 heavy (non-hydrogen) atoms. The van der Waals surface area contributed by atoms with Crippen LogP contribution in [0.4, 0.5) is 0 Å². The number of halogens is 1. The van der Waals surface area contributed by atoms with Crippen LogP contribution in [-0.4, -0.2) is 35.6 Å². The van der Waals surface area contributed by atoms with Gasteiger partial charge in [0.2, 0.25) is 16.6 Å². The normalized spacial score (nSPS) is 14.2. The molecule has 232 valence electrons. The van der Waals surface area contributed by atoms with Crippen LogP contribution in [0.3, 0.4) is 0 Å². The number of hydrogen-bond donors (Lipinski definition) is 0. The van der Waals surface area contributed by atoms with Crippen molar-refractivity contribution in [1.29, 1.82) is 0 Å². The van der Waals surface area contributed by atoms with Gasteiger partial charge in [0.15, 0.2) is 0 Å². The molecule has 4 nitrogen and oxygen atoms in total. The van der Waals surface area contributed by atoms with Crippen LogP contribution in [0, 0.1) is 0 Å². The Morgan fingerprint density at radius 2 is 1.37 bits per heavy atom. The monoisotopic (exact) mass is 620 g/mol. The number of benzene rings is 1. The minimum Gasteiger partial charge on any atom is -0.543 e. The molecule has 0 aromatic heterocycles. The van der Waals surface area contributed by atoms with Crippen molar-refractivity contribution in [2.75, 3.05) is 13.0 Å². The molecule has 1 aromatic carbocycles. The van der Waals surface area contributed by atoms with E-state index in [9.17, 15) is 4.79 Å². The maximum Gasteiger partial charge on any atom is 0.333 e. The predicted octanol–water partition coefficient (Wildman–Crippen LogP) is 10.8. The van der Waals surface area contributed by atoms with Crippen molar-refractivity contribution in [2.45, 2.75) is 124 Å². The van der Waals surface area contributed by atoms with E-state index in [2.05, 4.69) is 106 Å². The lowest BCUT2D eigenvalue weighted by atomic mass is 10.0. The van der Waals surface area contributed by atoms with Crippen LogP contribution in [0.5, 0.6) is 11.5 Å². The minimum atomic E-state index is -2.07. The number of carbonyl (C=O) groups excluding carboxylic acids is 1. The molecule has 0 aliphatic heterocycles. The molecule has 0 fully saturated rings. The van der Waals surface area contributed by atoms with E-state index in [1.54, 1.807) is 0 Å². The van der Waals surface area contributed by atoms with Crippen molar-refractivity contribution in [1.82, 2.24) is 0 Å². The SMILES string of the molecule is COC(=O)C(=CCc1cc(O[Si](C)(C)C(C)(C)C)ccc1O[Si](C)(C)C(C)(C)C)CC/C=C(\C)CC/C=C(\C)CCl. The van der Waals surface area contributed by atoms with Crippen LogP contribution < -0.4 is 8.85 Å². The predicted molar refractivity (Wildman–Crippen MR) is 183 cm³/mol. The molecule has 0 atom stereocenters. The average molecular weight is 621 g/mol. The zero-order valence-electron chi connectivity index (χ0n) is 28.2. The fourth-order valence-electron chi connectivity index (χ4n) is 3.58. The first-order valence-electron chi connectivity index (χ1n) is 14.9. The summed E-state index contributed by atoms with van der Waals surface area (Å²) in [5.74, 6) is 2.02. The van der Waals surface area contributed by atoms with E-state index in [-0.39, 0.29) is 16.0 Å². The second-order valence-corrected chi connectivity index (χ2v) is 23.9. The smallest absolute Gasteiger partial charge is 0.333 e. The van der Waals surface area contributed by atoms with E-state index >= 15 is 0 Å². The van der Waals surface area contributed by atoms with Crippen molar-refractivity contribution < 1.29 is 18.4 Å². The largest absolute Gasteiger partial charge is 0.543 e. The summed E-state index contributed by atoms with van der Waals surface area (Å²) in [4.78, 5) is 12.7. The summed E-state index contributed by atoms with van der Waals surface area (Å²) >= 11 is 5.87. The molecule has 0 amide bonds. The third-order valence-electron chi connectivity index (χ3n) is 8.55. The quantitative estimate of drug-likeness (QED) is 0.0682. The van der Waals surface area contributed by atoms with Gasteiger partial charge in [0.05, 0.1) is 7.11 Å². The van der Waals surface area contributed by atoms with E-state index in [0.717, 1.165) is 36.3 Å². The second-order valence-electron chi connectivity index (χ2n) is 14.2. The average Bonchev–Trinajstić information content (AvgIpc) is 2.85. The van der Waals surface area contributed by atoms with Crippen molar-refractivity contribution in [3.8, 4) is 11.5 Å². The Labute approximate surface area is 258 Å². The number of hydrogen-bond acceptors (Lipinski definition) is 4. The van der Waals surface area contributed by atoms with Gasteiger partial charge in [-0.15, -0.1) is 11.6 Å². The molecule has 0 aliphatic rings. The molecule has 0 N–H and O–H groups in total. The van der Waals surface area contributed by atoms with E-state index < -0.39 is 16.6 Å². The number of carbonyl (C=O) groups is 1. The van der Waals surface area contributed by atoms with Crippen LogP contribution in [0.15, 0.2) is 53.1 Å². The Balaban J connectivity index is 3.31. The van der Waals surface area contributed by atoms with Crippen molar-refractivity contribution >= 4 is 34.2 Å². The number of esters is 1. The van der Waals surface area contributed by atoms with Gasteiger partial charge in [-0.3, -0.25) is 0 Å². The molecule has 7 heteroatoms. The Kier molecular flexibility index (Phi) is 14.2. The third-order valence-corrected chi connectivity index (χ3v) is 17.7. The summed E-state index contributed by atoms with van der Waals surface area (Å²) in [6.07, 6.45) is 10.4. The molecule has 0 spiro atoms. The lowest BCUT2D eigenvalue weighted by Crippen LogP contribution is -2.44. The Bertz CT molecular complexity index is 1100. The fraction of sp³-hybridized carbons (Fsp3) is 0.618. The maximum atomic E-state index is 12.7. The highest BCUT2D eigenvalue weighted by Crippen LogP contribution is 2.41. The number of allylic oxidation sites excluding steroid dienone is 5. The van der Waals surface area contributed by atoms with Gasteiger partial charge >= 0.3 is 5.97 Å². The fourth-order valence-corrected chi connectivity index (χ4v) is 5.77. The van der Waals surface area contributed by atoms with Crippen molar-refractivity contribution in [3.63, 3.8) is 0 Å². The second kappa shape index (κ2) is 15.6. The molecule has 0 radical (unpaired) electrons. The Morgan fingerprint density at radius 3 is 1.90 bits per heavy atom. The van der Waals surface area contributed by atoms with Crippen LogP contribution in [0.2, 0.25) is 36.3 Å². The van der Waals surface area contributed by atoms with Crippen LogP contribution >= 0.6 is 11.6 Å². The number of methoxy groups -OCH3 is 1. The van der Waals surface area contributed by atoms with Gasteiger partial charge in [-0.05, 0) is 100 Å². The standard InChI is InChI=1S/C34H57ClO4Si2/c1-26(16-14-18-27(2)25-35)17-15-19-28(32(36)37-9)20-21-29-24-30(38-40(10,11)33(3,4)5)22-23-31(29)39-41(12,13)34(6,7)8/h17-18,20,22-24H,14-16,19,21,25H2,1-13H3/b26-17+,27-18+,28-20?. The van der Waals surface area contributed by atoms with Gasteiger partial charge in [-0.1, -0.05) is 70.9 Å². The van der Waals surface area contributed by atoms with E-state index in [4.69, 9.17) is 25.2 Å². The Morgan fingerprint density at radius 1 is 0.829 bits per heavy atom. The Hall–Kier alpha value is -1.77. The van der Waals surface area contributed by atoms with Gasteiger partial charge in [-0.25, -0.2) is 4.79 Å². The zero-order chi connectivity index (χ0) is 31.6. The summed E-state index contributed by atoms with van der Waals surface area (Å²) in [6, 6.07) is 6.19. The van der Waals surface area contributed by atoms with Gasteiger partial charge in [0.25, 0.3) is 0 Å². The van der Waals surface area contributed by atoms with Crippen molar-refractivity contribution in [3.05, 3.63) is 58.7 Å². The molecule has 0 unspecified atom stereocenters. The molecule has 0 saturated carbocycles. The number of alkyl halides is 1. The van der Waals surface area contributed by atoms with E-state index in [1.165, 1.54) is 18.3 Å². The molecule has 0 bridgehead atoms. The van der Waals surface area contributed by atoms with E-state index in [0.29, 0.717) is 24.3 Å². The summed E-state index contributed by atoms with van der Waals surface area (Å²) in [7, 11) is -2.64. The molecule has 0 heterocycles. The molecule has 1 aromatic rings. The van der Waals surface area contributed by atoms with Gasteiger partial charge in [0.1, 0.15) is 11.5 Å². The molecular formula is C34H57ClO4Si2. The molecule has 1 rings (SSSR count). The lowest BCUT2D eigenvalue weighted by Gasteiger charge is -2.38. The topological polar surface area (TPSA) is 44.8 Å². The summed E-state index contributed by atoms with van der Waals surface area (Å²) < 4.78 is 18.6. The van der Waals surface area contributed by atoms with Crippen LogP contribution in [-0.2, 0) is 16.0 Å². The third kappa shape index (κ3) is 12.2. The first-order chi connectivity index (χ1) is 18.7. The first-order valence-corrected chi connectivity index (χ1v) is 21.2. The molecule has 0 aliphatic carbocycles. The minimum absolute atomic E-state index is 0.0657. The highest BCUT2D eigenvalue weighted by atomic mass is 35.5. The highest BCUT2D eigenvalue weighted by molar-refractivity contribution is 6.75. The highest BCUT2D eigenvalue weighted by Gasteiger charge is 2.40. The zero-order valence-corrected chi connectivity index (χ0v) is 31.0. The number of rotatable bonds is 14. The number of ether oxygens (including phenoxy) is 1. The van der Waals surface area contributed by atoms with Gasteiger partial charge in [-0.2, -0.15) is 0 Å². The molecule has 0 saturated heterocycles. The molecular weight excluding hydrogens is 564 g/mol. The van der Waals surface area contributed by atoms with Gasteiger partial charge in [0, 0.05) is 17.0 Å². The van der Waals surface area contributed by atoms with Crippen LogP contribution in [0.1, 0.15) is 86.6 Å². The van der Waals surface area contributed by atoms with Crippen LogP contribution in [0.25, 0.3) is 0 Å². The summed E-state index contributed by atoms with van der Waals surface area (Å²) in [5, 5.41) is 0.155. The first kappa shape index (κ1) is 37.3. The van der Waals surface area contributed by atoms with Crippen molar-refractivity contribution in [2.24, 2.45) is 0 Å². The lowest BCUT2D eigenvalue weighted by molar-refractivity contribution is -0.136. The van der Waals surface area contributed by atoms with Gasteiger partial charge < -0.3 is 13.6 Å². The van der Waals surface area contributed by atoms with E-state index in [1.807, 2.05) is 12.1 Å². The summed E-state index contributed by atoms with van der Waals surface area (Å²) in [5.41, 5.74) is 4.23. The maximum absolute atomic E-state index is 12.7.